The molecule has 2 heterocycles. The fourth-order valence-corrected chi connectivity index (χ4v) is 2.79. The van der Waals surface area contributed by atoms with Gasteiger partial charge in [0.15, 0.2) is 5.70 Å². The van der Waals surface area contributed by atoms with Crippen LogP contribution < -0.4 is 14.8 Å². The van der Waals surface area contributed by atoms with E-state index in [2.05, 4.69) is 15.5 Å². The Hall–Kier alpha value is -3.52. The second-order valence-electron chi connectivity index (χ2n) is 6.00. The molecule has 1 aliphatic heterocycles. The predicted molar refractivity (Wildman–Crippen MR) is 97.0 cm³/mol. The molecule has 0 radical (unpaired) electrons. The molecule has 156 valence electrons. The van der Waals surface area contributed by atoms with Crippen LogP contribution in [0.1, 0.15) is 11.3 Å². The molecule has 0 saturated carbocycles. The van der Waals surface area contributed by atoms with Gasteiger partial charge in [-0.2, -0.15) is 23.5 Å². The van der Waals surface area contributed by atoms with Crippen LogP contribution in [0.2, 0.25) is 5.02 Å². The maximum Gasteiger partial charge on any atom is 0.434 e. The minimum absolute atomic E-state index is 0.0632. The minimum atomic E-state index is -4.87. The predicted octanol–water partition coefficient (Wildman–Crippen LogP) is 2.75. The van der Waals surface area contributed by atoms with E-state index in [0.29, 0.717) is 5.69 Å². The van der Waals surface area contributed by atoms with Crippen LogP contribution in [0.3, 0.4) is 0 Å². The Balaban J connectivity index is 1.91. The van der Waals surface area contributed by atoms with Crippen LogP contribution >= 0.6 is 11.6 Å². The Morgan fingerprint density at radius 1 is 1.30 bits per heavy atom. The van der Waals surface area contributed by atoms with E-state index in [9.17, 15) is 18.0 Å². The average Bonchev–Trinajstić information content (AvgIpc) is 2.70. The Labute approximate surface area is 173 Å². The number of allylic oxidation sites excluding steroid dienone is 1. The molecule has 1 aromatic heterocycles. The molecule has 30 heavy (non-hydrogen) atoms. The summed E-state index contributed by atoms with van der Waals surface area (Å²) in [5.41, 5.74) is -0.938. The Morgan fingerprint density at radius 3 is 2.67 bits per heavy atom. The number of methoxy groups -OCH3 is 1. The molecule has 0 spiro atoms. The quantitative estimate of drug-likeness (QED) is 0.764. The number of hydrogen-bond donors (Lipinski definition) is 1. The van der Waals surface area contributed by atoms with E-state index < -0.39 is 30.2 Å². The molecule has 0 atom stereocenters. The molecule has 1 amide bonds. The molecule has 0 aliphatic carbocycles. The lowest BCUT2D eigenvalue weighted by atomic mass is 10.2. The lowest BCUT2D eigenvalue weighted by Crippen LogP contribution is -2.49. The SMILES string of the molecule is COc1ccc(CN2CNC(C(F)(F)F)=C(Oc3cc(Cl)cc(C#N)c3)C2=O)nn1. The Morgan fingerprint density at radius 2 is 2.07 bits per heavy atom. The second-order valence-corrected chi connectivity index (χ2v) is 6.43. The first-order valence-corrected chi connectivity index (χ1v) is 8.69. The van der Waals surface area contributed by atoms with Crippen molar-refractivity contribution in [2.75, 3.05) is 13.8 Å². The number of rotatable bonds is 5. The largest absolute Gasteiger partial charge is 0.480 e. The normalized spacial score (nSPS) is 14.3. The van der Waals surface area contributed by atoms with Crippen LogP contribution in [0.4, 0.5) is 13.2 Å². The molecule has 1 aromatic carbocycles. The maximum atomic E-state index is 13.4. The van der Waals surface area contributed by atoms with Crippen molar-refractivity contribution in [1.29, 1.82) is 5.26 Å². The molecular formula is C18H13ClF3N5O3. The molecular weight excluding hydrogens is 427 g/mol. The number of carbonyl (C=O) groups is 1. The van der Waals surface area contributed by atoms with Gasteiger partial charge in [0.1, 0.15) is 5.75 Å². The summed E-state index contributed by atoms with van der Waals surface area (Å²) in [5.74, 6) is -1.92. The number of nitrogens with one attached hydrogen (secondary N) is 1. The topological polar surface area (TPSA) is 100 Å². The van der Waals surface area contributed by atoms with Crippen LogP contribution in [0.25, 0.3) is 0 Å². The van der Waals surface area contributed by atoms with Gasteiger partial charge < -0.3 is 19.7 Å². The highest BCUT2D eigenvalue weighted by Gasteiger charge is 2.44. The van der Waals surface area contributed by atoms with Gasteiger partial charge in [-0.3, -0.25) is 4.79 Å². The monoisotopic (exact) mass is 439 g/mol. The zero-order valence-corrected chi connectivity index (χ0v) is 16.1. The van der Waals surface area contributed by atoms with Gasteiger partial charge in [0.2, 0.25) is 11.6 Å². The maximum absolute atomic E-state index is 13.4. The fourth-order valence-electron chi connectivity index (χ4n) is 2.57. The summed E-state index contributed by atoms with van der Waals surface area (Å²) in [6, 6.07) is 8.53. The lowest BCUT2D eigenvalue weighted by molar-refractivity contribution is -0.137. The van der Waals surface area contributed by atoms with Crippen molar-refractivity contribution in [2.24, 2.45) is 0 Å². The Kier molecular flexibility index (Phi) is 5.98. The van der Waals surface area contributed by atoms with Gasteiger partial charge in [0, 0.05) is 11.1 Å². The summed E-state index contributed by atoms with van der Waals surface area (Å²) in [6.07, 6.45) is -4.87. The molecule has 0 bridgehead atoms. The fraction of sp³-hybridized carbons (Fsp3) is 0.222. The summed E-state index contributed by atoms with van der Waals surface area (Å²) in [6.45, 7) is -0.549. The van der Waals surface area contributed by atoms with Crippen molar-refractivity contribution in [3.8, 4) is 17.7 Å². The molecule has 12 heteroatoms. The van der Waals surface area contributed by atoms with Gasteiger partial charge in [-0.05, 0) is 24.3 Å². The number of carbonyl (C=O) groups excluding carboxylic acids is 1. The van der Waals surface area contributed by atoms with E-state index in [4.69, 9.17) is 26.3 Å². The van der Waals surface area contributed by atoms with Crippen molar-refractivity contribution < 1.29 is 27.4 Å². The standard InChI is InChI=1S/C18H13ClF3N5O3/c1-29-14-3-2-12(25-26-14)8-27-9-24-16(18(20,21)22)15(17(27)28)30-13-5-10(7-23)4-11(19)6-13/h2-6,24H,8-9H2,1H3. The molecule has 0 fully saturated rings. The van der Waals surface area contributed by atoms with Crippen molar-refractivity contribution >= 4 is 17.5 Å². The molecule has 8 nitrogen and oxygen atoms in total. The van der Waals surface area contributed by atoms with E-state index in [1.165, 1.54) is 37.4 Å². The smallest absolute Gasteiger partial charge is 0.434 e. The average molecular weight is 440 g/mol. The molecule has 1 N–H and O–H groups in total. The summed E-state index contributed by atoms with van der Waals surface area (Å²) in [5, 5.41) is 18.9. The van der Waals surface area contributed by atoms with Gasteiger partial charge in [0.25, 0.3) is 5.91 Å². The van der Waals surface area contributed by atoms with Gasteiger partial charge >= 0.3 is 6.18 Å². The van der Waals surface area contributed by atoms with Crippen molar-refractivity contribution in [2.45, 2.75) is 12.7 Å². The first kappa shape index (κ1) is 21.2. The van der Waals surface area contributed by atoms with Gasteiger partial charge in [-0.1, -0.05) is 11.6 Å². The number of amides is 1. The summed E-state index contributed by atoms with van der Waals surface area (Å²) < 4.78 is 50.5. The lowest BCUT2D eigenvalue weighted by Gasteiger charge is -2.31. The highest BCUT2D eigenvalue weighted by atomic mass is 35.5. The number of ether oxygens (including phenoxy) is 2. The van der Waals surface area contributed by atoms with E-state index >= 15 is 0 Å². The van der Waals surface area contributed by atoms with Gasteiger partial charge in [-0.15, -0.1) is 5.10 Å². The van der Waals surface area contributed by atoms with Gasteiger partial charge in [-0.25, -0.2) is 0 Å². The highest BCUT2D eigenvalue weighted by Crippen LogP contribution is 2.32. The third-order valence-corrected chi connectivity index (χ3v) is 4.13. The van der Waals surface area contributed by atoms with Crippen LogP contribution in [0.15, 0.2) is 41.8 Å². The minimum Gasteiger partial charge on any atom is -0.480 e. The first-order valence-electron chi connectivity index (χ1n) is 8.31. The van der Waals surface area contributed by atoms with E-state index in [0.717, 1.165) is 4.90 Å². The highest BCUT2D eigenvalue weighted by molar-refractivity contribution is 6.30. The van der Waals surface area contributed by atoms with Crippen LogP contribution in [-0.4, -0.2) is 41.0 Å². The molecule has 2 aromatic rings. The Bertz CT molecular complexity index is 1030. The molecule has 3 rings (SSSR count). The van der Waals surface area contributed by atoms with E-state index in [-0.39, 0.29) is 28.8 Å². The number of benzene rings is 1. The number of halogens is 4. The number of hydrogen-bond acceptors (Lipinski definition) is 7. The van der Waals surface area contributed by atoms with Gasteiger partial charge in [0.05, 0.1) is 37.6 Å². The third-order valence-electron chi connectivity index (χ3n) is 3.92. The zero-order valence-electron chi connectivity index (χ0n) is 15.3. The summed E-state index contributed by atoms with van der Waals surface area (Å²) in [4.78, 5) is 13.9. The molecule has 0 unspecified atom stereocenters. The third kappa shape index (κ3) is 4.72. The van der Waals surface area contributed by atoms with Crippen molar-refractivity contribution in [3.05, 3.63) is 58.1 Å². The summed E-state index contributed by atoms with van der Waals surface area (Å²) >= 11 is 5.86. The number of aromatic nitrogens is 2. The number of alkyl halides is 3. The van der Waals surface area contributed by atoms with Crippen LogP contribution in [0, 0.1) is 11.3 Å². The van der Waals surface area contributed by atoms with Crippen LogP contribution in [0.5, 0.6) is 11.6 Å². The van der Waals surface area contributed by atoms with Crippen molar-refractivity contribution in [3.63, 3.8) is 0 Å². The zero-order chi connectivity index (χ0) is 21.9. The second kappa shape index (κ2) is 8.46. The number of nitrogens with zero attached hydrogens (tertiary/aromatic N) is 4. The van der Waals surface area contributed by atoms with Crippen molar-refractivity contribution in [1.82, 2.24) is 20.4 Å². The number of nitriles is 1. The van der Waals surface area contributed by atoms with E-state index in [1.807, 2.05) is 6.07 Å². The first-order chi connectivity index (χ1) is 14.2. The van der Waals surface area contributed by atoms with E-state index in [1.54, 1.807) is 0 Å². The molecule has 0 saturated heterocycles. The summed E-state index contributed by atoms with van der Waals surface area (Å²) in [7, 11) is 1.41. The molecule has 1 aliphatic rings. The van der Waals surface area contributed by atoms with Crippen LogP contribution in [-0.2, 0) is 11.3 Å².